The van der Waals surface area contributed by atoms with Gasteiger partial charge < -0.3 is 36.3 Å². The Balaban J connectivity index is 1.82. The number of para-hydroxylation sites is 1. The first kappa shape index (κ1) is 41.5. The van der Waals surface area contributed by atoms with Crippen LogP contribution in [0.25, 0.3) is 21.3 Å². The number of likely N-dealkylation sites (tertiary alicyclic amines) is 1. The van der Waals surface area contributed by atoms with Crippen molar-refractivity contribution in [1.82, 2.24) is 25.8 Å². The number of aromatic nitrogens is 1. The highest BCUT2D eigenvalue weighted by Gasteiger charge is 2.42. The second-order valence-corrected chi connectivity index (χ2v) is 15.7. The van der Waals surface area contributed by atoms with E-state index in [1.54, 1.807) is 47.7 Å². The third-order valence-corrected chi connectivity index (χ3v) is 8.58. The maximum absolute atomic E-state index is 14.1. The molecule has 1 aromatic heterocycles. The molecule has 5 atom stereocenters. The summed E-state index contributed by atoms with van der Waals surface area (Å²) in [5.41, 5.74) is 15.1. The molecule has 16 nitrogen and oxygen atoms in total. The predicted molar refractivity (Wildman–Crippen MR) is 194 cm³/mol. The van der Waals surface area contributed by atoms with Crippen molar-refractivity contribution in [2.24, 2.45) is 22.2 Å². The van der Waals surface area contributed by atoms with Crippen molar-refractivity contribution in [3.05, 3.63) is 46.5 Å². The molecule has 1 fully saturated rings. The summed E-state index contributed by atoms with van der Waals surface area (Å²) in [7, 11) is 0. The van der Waals surface area contributed by atoms with Crippen molar-refractivity contribution in [2.75, 3.05) is 6.54 Å². The zero-order valence-electron chi connectivity index (χ0n) is 31.3. The van der Waals surface area contributed by atoms with Crippen LogP contribution in [-0.2, 0) is 39.9 Å². The minimum atomic E-state index is -1.39. The van der Waals surface area contributed by atoms with Gasteiger partial charge in [0.2, 0.25) is 29.5 Å². The van der Waals surface area contributed by atoms with Crippen molar-refractivity contribution in [2.45, 2.75) is 123 Å². The number of amides is 5. The average molecular weight is 724 g/mol. The normalized spacial score (nSPS) is 17.0. The van der Waals surface area contributed by atoms with Gasteiger partial charge in [-0.1, -0.05) is 52.8 Å². The van der Waals surface area contributed by atoms with E-state index in [1.165, 1.54) is 4.90 Å². The Bertz CT molecular complexity index is 1680. The maximum atomic E-state index is 14.1. The third kappa shape index (κ3) is 11.5. The number of nitrogens with two attached hydrogens (primary N) is 1. The van der Waals surface area contributed by atoms with Crippen LogP contribution in [0.2, 0.25) is 0 Å². The highest BCUT2D eigenvalue weighted by Crippen LogP contribution is 2.25. The lowest BCUT2D eigenvalue weighted by Gasteiger charge is -2.34. The lowest BCUT2D eigenvalue weighted by molar-refractivity contribution is -0.157. The Morgan fingerprint density at radius 1 is 1.02 bits per heavy atom. The Morgan fingerprint density at radius 3 is 2.29 bits per heavy atom. The van der Waals surface area contributed by atoms with Crippen LogP contribution in [0.15, 0.2) is 35.6 Å². The summed E-state index contributed by atoms with van der Waals surface area (Å²) >= 11 is 0. The molecule has 1 saturated heterocycles. The second kappa shape index (κ2) is 17.5. The number of fused-ring (bicyclic) bond motifs is 1. The van der Waals surface area contributed by atoms with Crippen LogP contribution in [-0.4, -0.2) is 87.7 Å². The molecule has 0 bridgehead atoms. The largest absolute Gasteiger partial charge is 0.460 e. The maximum Gasteiger partial charge on any atom is 0.308 e. The summed E-state index contributed by atoms with van der Waals surface area (Å²) in [6.45, 7) is 14.1. The van der Waals surface area contributed by atoms with Crippen molar-refractivity contribution in [3.63, 3.8) is 0 Å². The van der Waals surface area contributed by atoms with E-state index in [1.807, 2.05) is 38.1 Å². The number of benzene rings is 1. The smallest absolute Gasteiger partial charge is 0.308 e. The first-order chi connectivity index (χ1) is 24.2. The molecule has 1 aliphatic heterocycles. The SMILES string of the molecule is CC(C)C[C@H](NC(=O)[C@H](NC(=O)[C@@H]1CCCN1C(=O)[C@@H](CC(=O)OC(C)(C)C)NC(=O)[C@H](N)Cc1c[nH]c2ccccc12)C(C)(C)C)C(=O)N=[N+]=[N-]. The lowest BCUT2D eigenvalue weighted by atomic mass is 9.85. The van der Waals surface area contributed by atoms with Gasteiger partial charge in [-0.3, -0.25) is 28.8 Å². The van der Waals surface area contributed by atoms with Crippen LogP contribution >= 0.6 is 0 Å². The van der Waals surface area contributed by atoms with E-state index in [9.17, 15) is 28.8 Å². The number of esters is 1. The van der Waals surface area contributed by atoms with Gasteiger partial charge in [0, 0.05) is 28.6 Å². The number of nitrogens with one attached hydrogen (secondary N) is 4. The molecule has 1 aromatic carbocycles. The number of H-pyrrole nitrogens is 1. The van der Waals surface area contributed by atoms with Gasteiger partial charge in [-0.25, -0.2) is 0 Å². The molecule has 5 amide bonds. The molecule has 0 spiro atoms. The molecule has 0 unspecified atom stereocenters. The van der Waals surface area contributed by atoms with Gasteiger partial charge in [-0.15, -0.1) is 0 Å². The standard InChI is InChI=1S/C36H53N9O7/c1-20(2)16-25(31(48)43-44-38)40-33(50)29(35(3,4)5)42-32(49)27-14-11-15-45(27)34(51)26(18-28(46)52-36(6,7)8)41-30(47)23(37)17-21-19-39-24-13-10-9-12-22(21)24/h9-10,12-13,19-20,23,25-27,29,39H,11,14-18,37H2,1-8H3,(H,40,50)(H,41,47)(H,42,49)/t23-,25+,26-,27+,29+/m1/s1. The Labute approximate surface area is 304 Å². The van der Waals surface area contributed by atoms with Gasteiger partial charge in [-0.05, 0) is 80.1 Å². The van der Waals surface area contributed by atoms with Crippen LogP contribution in [0.1, 0.15) is 86.6 Å². The van der Waals surface area contributed by atoms with E-state index >= 15 is 0 Å². The minimum absolute atomic E-state index is 0.0268. The molecule has 1 aliphatic rings. The van der Waals surface area contributed by atoms with Gasteiger partial charge in [0.1, 0.15) is 23.7 Å². The Hall–Kier alpha value is -4.95. The molecule has 6 N–H and O–H groups in total. The molecule has 2 heterocycles. The summed E-state index contributed by atoms with van der Waals surface area (Å²) in [5, 5.41) is 12.1. The molecule has 0 radical (unpaired) electrons. The number of nitrogens with zero attached hydrogens (tertiary/aromatic N) is 4. The van der Waals surface area contributed by atoms with E-state index in [4.69, 9.17) is 16.0 Å². The molecular weight excluding hydrogens is 670 g/mol. The monoisotopic (exact) mass is 723 g/mol. The number of aromatic amines is 1. The van der Waals surface area contributed by atoms with Crippen molar-refractivity contribution in [1.29, 1.82) is 0 Å². The Morgan fingerprint density at radius 2 is 1.67 bits per heavy atom. The van der Waals surface area contributed by atoms with Gasteiger partial charge in [-0.2, -0.15) is 0 Å². The summed E-state index contributed by atoms with van der Waals surface area (Å²) in [4.78, 5) is 87.4. The predicted octanol–water partition coefficient (Wildman–Crippen LogP) is 3.14. The first-order valence-corrected chi connectivity index (χ1v) is 17.5. The number of carbonyl (C=O) groups excluding carboxylic acids is 6. The molecule has 16 heteroatoms. The number of ether oxygens (including phenoxy) is 1. The van der Waals surface area contributed by atoms with Crippen LogP contribution in [0, 0.1) is 11.3 Å². The summed E-state index contributed by atoms with van der Waals surface area (Å²) in [6, 6.07) is 1.81. The number of azide groups is 1. The fourth-order valence-corrected chi connectivity index (χ4v) is 6.14. The molecule has 2 aromatic rings. The molecule has 0 aliphatic carbocycles. The fraction of sp³-hybridized carbons (Fsp3) is 0.611. The van der Waals surface area contributed by atoms with E-state index in [2.05, 4.69) is 31.0 Å². The number of hydrogen-bond donors (Lipinski definition) is 5. The highest BCUT2D eigenvalue weighted by atomic mass is 16.6. The zero-order valence-corrected chi connectivity index (χ0v) is 31.3. The lowest BCUT2D eigenvalue weighted by Crippen LogP contribution is -2.60. The van der Waals surface area contributed by atoms with Crippen LogP contribution < -0.4 is 21.7 Å². The summed E-state index contributed by atoms with van der Waals surface area (Å²) in [6.07, 6.45) is 2.32. The van der Waals surface area contributed by atoms with Gasteiger partial charge in [0.05, 0.1) is 18.5 Å². The van der Waals surface area contributed by atoms with Crippen LogP contribution in [0.4, 0.5) is 0 Å². The fourth-order valence-electron chi connectivity index (χ4n) is 6.14. The molecule has 284 valence electrons. The van der Waals surface area contributed by atoms with Gasteiger partial charge in [0.15, 0.2) is 0 Å². The first-order valence-electron chi connectivity index (χ1n) is 17.5. The van der Waals surface area contributed by atoms with Crippen molar-refractivity contribution < 1.29 is 33.5 Å². The molecular formula is C36H53N9O7. The molecule has 0 saturated carbocycles. The van der Waals surface area contributed by atoms with Crippen LogP contribution in [0.5, 0.6) is 0 Å². The van der Waals surface area contributed by atoms with E-state index < -0.39 is 83.2 Å². The summed E-state index contributed by atoms with van der Waals surface area (Å²) < 4.78 is 5.46. The van der Waals surface area contributed by atoms with Crippen molar-refractivity contribution in [3.8, 4) is 0 Å². The molecule has 3 rings (SSSR count). The van der Waals surface area contributed by atoms with Crippen molar-refractivity contribution >= 4 is 46.4 Å². The number of carbonyl (C=O) groups is 6. The highest BCUT2D eigenvalue weighted by molar-refractivity contribution is 5.97. The summed E-state index contributed by atoms with van der Waals surface area (Å²) in [5.74, 6) is -4.24. The third-order valence-electron chi connectivity index (χ3n) is 8.58. The molecule has 52 heavy (non-hydrogen) atoms. The quantitative estimate of drug-likeness (QED) is 0.0837. The zero-order chi connectivity index (χ0) is 39.0. The number of hydrogen-bond acceptors (Lipinski definition) is 8. The topological polar surface area (TPSA) is 242 Å². The Kier molecular flexibility index (Phi) is 14.0. The van der Waals surface area contributed by atoms with E-state index in [0.29, 0.717) is 6.42 Å². The second-order valence-electron chi connectivity index (χ2n) is 15.7. The van der Waals surface area contributed by atoms with E-state index in [-0.39, 0.29) is 31.7 Å². The van der Waals surface area contributed by atoms with Gasteiger partial charge >= 0.3 is 5.97 Å². The van der Waals surface area contributed by atoms with Gasteiger partial charge in [0.25, 0.3) is 0 Å². The van der Waals surface area contributed by atoms with Crippen LogP contribution in [0.3, 0.4) is 0 Å². The number of rotatable bonds is 14. The minimum Gasteiger partial charge on any atom is -0.460 e. The average Bonchev–Trinajstić information content (AvgIpc) is 3.69. The van der Waals surface area contributed by atoms with E-state index in [0.717, 1.165) is 16.5 Å².